The molecule has 2 heterocycles. The molecule has 3 rings (SSSR count). The Kier molecular flexibility index (Phi) is 3.88. The first kappa shape index (κ1) is 14.0. The number of fused-ring (bicyclic) bond motifs is 1. The highest BCUT2D eigenvalue weighted by atomic mass is 32.1. The Hall–Kier alpha value is -1.94. The molecule has 1 aromatic carbocycles. The summed E-state index contributed by atoms with van der Waals surface area (Å²) in [6, 6.07) is 12.6. The summed E-state index contributed by atoms with van der Waals surface area (Å²) in [5.41, 5.74) is 10.3. The standard InChI is InChI=1S/C17H19N3S/c1-12-9-13-5-2-3-7-15(13)20(10-12)11-14-6-4-8-19-16(14)17(18)21/h2-8,12H,9-11H2,1H3,(H2,18,21). The number of anilines is 1. The highest BCUT2D eigenvalue weighted by Crippen LogP contribution is 2.30. The van der Waals surface area contributed by atoms with Crippen LogP contribution in [0.15, 0.2) is 42.6 Å². The lowest BCUT2D eigenvalue weighted by molar-refractivity contribution is 0.530. The molecule has 1 aromatic heterocycles. The largest absolute Gasteiger partial charge is 0.388 e. The summed E-state index contributed by atoms with van der Waals surface area (Å²) in [4.78, 5) is 7.10. The maximum Gasteiger partial charge on any atom is 0.123 e. The first-order chi connectivity index (χ1) is 10.1. The zero-order chi connectivity index (χ0) is 14.8. The molecule has 1 aliphatic heterocycles. The van der Waals surface area contributed by atoms with Crippen molar-refractivity contribution in [3.8, 4) is 0 Å². The molecule has 0 saturated heterocycles. The number of pyridine rings is 1. The number of hydrogen-bond acceptors (Lipinski definition) is 3. The van der Waals surface area contributed by atoms with Crippen LogP contribution in [0.3, 0.4) is 0 Å². The van der Waals surface area contributed by atoms with Gasteiger partial charge in [-0.2, -0.15) is 0 Å². The molecule has 1 unspecified atom stereocenters. The Morgan fingerprint density at radius 1 is 1.33 bits per heavy atom. The highest BCUT2D eigenvalue weighted by molar-refractivity contribution is 7.80. The van der Waals surface area contributed by atoms with E-state index in [1.807, 2.05) is 6.07 Å². The van der Waals surface area contributed by atoms with Crippen molar-refractivity contribution in [2.24, 2.45) is 11.7 Å². The Labute approximate surface area is 130 Å². The fraction of sp³-hybridized carbons (Fsp3) is 0.294. The third-order valence-corrected chi connectivity index (χ3v) is 4.11. The lowest BCUT2D eigenvalue weighted by atomic mass is 9.93. The van der Waals surface area contributed by atoms with Crippen LogP contribution < -0.4 is 10.6 Å². The number of rotatable bonds is 3. The van der Waals surface area contributed by atoms with Crippen LogP contribution in [0.4, 0.5) is 5.69 Å². The lowest BCUT2D eigenvalue weighted by Gasteiger charge is -2.35. The zero-order valence-electron chi connectivity index (χ0n) is 12.1. The molecule has 1 atom stereocenters. The van der Waals surface area contributed by atoms with E-state index in [1.54, 1.807) is 6.20 Å². The van der Waals surface area contributed by atoms with Gasteiger partial charge in [0.25, 0.3) is 0 Å². The Bertz CT molecular complexity index is 669. The number of thiocarbonyl (C=S) groups is 1. The Morgan fingerprint density at radius 2 is 2.14 bits per heavy atom. The van der Waals surface area contributed by atoms with Crippen LogP contribution in [0.1, 0.15) is 23.7 Å². The van der Waals surface area contributed by atoms with Crippen molar-refractivity contribution in [3.63, 3.8) is 0 Å². The summed E-state index contributed by atoms with van der Waals surface area (Å²) >= 11 is 5.12. The molecule has 0 aliphatic carbocycles. The van der Waals surface area contributed by atoms with Crippen LogP contribution in [-0.4, -0.2) is 16.5 Å². The number of aromatic nitrogens is 1. The van der Waals surface area contributed by atoms with Gasteiger partial charge in [-0.3, -0.25) is 4.98 Å². The summed E-state index contributed by atoms with van der Waals surface area (Å²) < 4.78 is 0. The molecule has 1 aliphatic rings. The van der Waals surface area contributed by atoms with E-state index in [2.05, 4.69) is 47.1 Å². The van der Waals surface area contributed by atoms with Gasteiger partial charge in [-0.05, 0) is 30.0 Å². The average Bonchev–Trinajstić information content (AvgIpc) is 2.47. The molecule has 108 valence electrons. The third kappa shape index (κ3) is 2.90. The molecule has 0 saturated carbocycles. The van der Waals surface area contributed by atoms with Crippen molar-refractivity contribution < 1.29 is 0 Å². The SMILES string of the molecule is CC1Cc2ccccc2N(Cc2cccnc2C(N)=S)C1. The van der Waals surface area contributed by atoms with Gasteiger partial charge in [-0.25, -0.2) is 0 Å². The van der Waals surface area contributed by atoms with Gasteiger partial charge in [0.05, 0.1) is 0 Å². The molecule has 0 radical (unpaired) electrons. The summed E-state index contributed by atoms with van der Waals surface area (Å²) in [7, 11) is 0. The smallest absolute Gasteiger partial charge is 0.123 e. The van der Waals surface area contributed by atoms with E-state index in [9.17, 15) is 0 Å². The van der Waals surface area contributed by atoms with Crippen molar-refractivity contribution in [2.45, 2.75) is 19.9 Å². The second-order valence-electron chi connectivity index (χ2n) is 5.69. The predicted octanol–water partition coefficient (Wildman–Crippen LogP) is 2.91. The quantitative estimate of drug-likeness (QED) is 0.885. The first-order valence-electron chi connectivity index (χ1n) is 7.21. The van der Waals surface area contributed by atoms with E-state index in [1.165, 1.54) is 11.3 Å². The average molecular weight is 297 g/mol. The summed E-state index contributed by atoms with van der Waals surface area (Å²) in [6.45, 7) is 4.13. The summed E-state index contributed by atoms with van der Waals surface area (Å²) in [6.07, 6.45) is 2.88. The maximum absolute atomic E-state index is 5.79. The molecule has 0 bridgehead atoms. The second kappa shape index (κ2) is 5.82. The molecule has 21 heavy (non-hydrogen) atoms. The Balaban J connectivity index is 1.94. The lowest BCUT2D eigenvalue weighted by Crippen LogP contribution is -2.34. The van der Waals surface area contributed by atoms with E-state index < -0.39 is 0 Å². The first-order valence-corrected chi connectivity index (χ1v) is 7.62. The van der Waals surface area contributed by atoms with Crippen molar-refractivity contribution >= 4 is 22.9 Å². The van der Waals surface area contributed by atoms with Gasteiger partial charge < -0.3 is 10.6 Å². The fourth-order valence-electron chi connectivity index (χ4n) is 3.05. The van der Waals surface area contributed by atoms with E-state index in [-0.39, 0.29) is 0 Å². The minimum absolute atomic E-state index is 0.365. The van der Waals surface area contributed by atoms with Gasteiger partial charge in [0.2, 0.25) is 0 Å². The topological polar surface area (TPSA) is 42.2 Å². The molecular weight excluding hydrogens is 278 g/mol. The second-order valence-corrected chi connectivity index (χ2v) is 6.13. The van der Waals surface area contributed by atoms with Gasteiger partial charge in [-0.15, -0.1) is 0 Å². The predicted molar refractivity (Wildman–Crippen MR) is 90.5 cm³/mol. The molecule has 0 amide bonds. The number of benzene rings is 1. The number of nitrogens with zero attached hydrogens (tertiary/aromatic N) is 2. The molecule has 0 fully saturated rings. The van der Waals surface area contributed by atoms with Gasteiger partial charge in [0.15, 0.2) is 0 Å². The minimum atomic E-state index is 0.365. The van der Waals surface area contributed by atoms with Crippen LogP contribution in [-0.2, 0) is 13.0 Å². The molecular formula is C17H19N3S. The molecule has 2 N–H and O–H groups in total. The van der Waals surface area contributed by atoms with Crippen LogP contribution in [0.2, 0.25) is 0 Å². The monoisotopic (exact) mass is 297 g/mol. The van der Waals surface area contributed by atoms with Gasteiger partial charge >= 0.3 is 0 Å². The van der Waals surface area contributed by atoms with Gasteiger partial charge in [-0.1, -0.05) is 43.4 Å². The van der Waals surface area contributed by atoms with Crippen molar-refractivity contribution in [3.05, 3.63) is 59.4 Å². The van der Waals surface area contributed by atoms with Crippen molar-refractivity contribution in [2.75, 3.05) is 11.4 Å². The molecule has 2 aromatic rings. The number of hydrogen-bond donors (Lipinski definition) is 1. The van der Waals surface area contributed by atoms with Crippen molar-refractivity contribution in [1.82, 2.24) is 4.98 Å². The van der Waals surface area contributed by atoms with Crippen LogP contribution in [0, 0.1) is 5.92 Å². The van der Waals surface area contributed by atoms with Gasteiger partial charge in [0.1, 0.15) is 10.7 Å². The van der Waals surface area contributed by atoms with E-state index >= 15 is 0 Å². The Morgan fingerprint density at radius 3 is 2.95 bits per heavy atom. The normalized spacial score (nSPS) is 17.4. The van der Waals surface area contributed by atoms with E-state index in [4.69, 9.17) is 18.0 Å². The maximum atomic E-state index is 5.79. The highest BCUT2D eigenvalue weighted by Gasteiger charge is 2.22. The number of para-hydroxylation sites is 1. The summed E-state index contributed by atoms with van der Waals surface area (Å²) in [5.74, 6) is 0.643. The molecule has 0 spiro atoms. The van der Waals surface area contributed by atoms with Crippen molar-refractivity contribution in [1.29, 1.82) is 0 Å². The zero-order valence-corrected chi connectivity index (χ0v) is 12.9. The fourth-order valence-corrected chi connectivity index (χ4v) is 3.23. The van der Waals surface area contributed by atoms with Gasteiger partial charge in [0, 0.05) is 30.5 Å². The van der Waals surface area contributed by atoms with E-state index in [0.29, 0.717) is 10.9 Å². The van der Waals surface area contributed by atoms with Crippen LogP contribution >= 0.6 is 12.2 Å². The molecule has 3 nitrogen and oxygen atoms in total. The third-order valence-electron chi connectivity index (χ3n) is 3.92. The van der Waals surface area contributed by atoms with E-state index in [0.717, 1.165) is 30.8 Å². The minimum Gasteiger partial charge on any atom is -0.388 e. The number of nitrogens with two attached hydrogens (primary N) is 1. The molecule has 4 heteroatoms. The summed E-state index contributed by atoms with van der Waals surface area (Å²) in [5, 5.41) is 0. The van der Waals surface area contributed by atoms with Crippen LogP contribution in [0.25, 0.3) is 0 Å². The van der Waals surface area contributed by atoms with Crippen LogP contribution in [0.5, 0.6) is 0 Å².